The molecule has 0 saturated carbocycles. The predicted octanol–water partition coefficient (Wildman–Crippen LogP) is 2.43. The lowest BCUT2D eigenvalue weighted by Crippen LogP contribution is -2.33. The lowest BCUT2D eigenvalue weighted by Gasteiger charge is -2.18. The minimum atomic E-state index is -1.04. The number of halogens is 1. The van der Waals surface area contributed by atoms with Gasteiger partial charge in [-0.05, 0) is 38.5 Å². The molecule has 0 aliphatic rings. The third-order valence-electron chi connectivity index (χ3n) is 5.09. The van der Waals surface area contributed by atoms with Gasteiger partial charge in [-0.15, -0.1) is 0 Å². The molecular weight excluding hydrogens is 468 g/mol. The van der Waals surface area contributed by atoms with E-state index in [4.69, 9.17) is 23.2 Å². The smallest absolute Gasteiger partial charge is 0.255 e. The van der Waals surface area contributed by atoms with Crippen LogP contribution in [0.15, 0.2) is 51.4 Å². The number of aliphatic imine (C=N–C) groups is 1. The molecule has 5 N–H and O–H groups in total. The molecule has 0 bridgehead atoms. The molecule has 3 rings (SSSR count). The van der Waals surface area contributed by atoms with Crippen molar-refractivity contribution in [2.24, 2.45) is 15.9 Å². The number of nitrogen functional groups attached to an aromatic ring is 1. The second kappa shape index (κ2) is 10.5. The van der Waals surface area contributed by atoms with Crippen molar-refractivity contribution in [1.29, 1.82) is 5.26 Å². The largest absolute Gasteiger partial charge is 0.389 e. The minimum absolute atomic E-state index is 0.0144. The van der Waals surface area contributed by atoms with Crippen LogP contribution < -0.4 is 17.1 Å². The van der Waals surface area contributed by atoms with Gasteiger partial charge in [0.2, 0.25) is 0 Å². The van der Waals surface area contributed by atoms with Gasteiger partial charge in [0.1, 0.15) is 22.2 Å². The van der Waals surface area contributed by atoms with Gasteiger partial charge in [-0.25, -0.2) is 9.97 Å². The van der Waals surface area contributed by atoms with E-state index in [0.717, 1.165) is 0 Å². The summed E-state index contributed by atoms with van der Waals surface area (Å²) in [6.07, 6.45) is 2.96. The highest BCUT2D eigenvalue weighted by atomic mass is 35.5. The molecule has 10 nitrogen and oxygen atoms in total. The van der Waals surface area contributed by atoms with E-state index in [9.17, 15) is 15.2 Å². The van der Waals surface area contributed by atoms with Crippen LogP contribution in [0.25, 0.3) is 11.4 Å². The average molecular weight is 493 g/mol. The van der Waals surface area contributed by atoms with E-state index in [1.165, 1.54) is 10.8 Å². The maximum atomic E-state index is 12.7. The van der Waals surface area contributed by atoms with E-state index in [2.05, 4.69) is 26.1 Å². The minimum Gasteiger partial charge on any atom is -0.389 e. The molecule has 0 atom stereocenters. The SMILES string of the molecule is Cc1c(C#N)cccc1-c1nc(N)c(Cl)c(C(C=NCc2cccn(CC(C)(C)O)c2=O)=NN)n1. The van der Waals surface area contributed by atoms with Gasteiger partial charge < -0.3 is 21.2 Å². The molecule has 0 amide bonds. The van der Waals surface area contributed by atoms with Gasteiger partial charge in [0.15, 0.2) is 5.82 Å². The zero-order valence-corrected chi connectivity index (χ0v) is 20.3. The summed E-state index contributed by atoms with van der Waals surface area (Å²) in [5.41, 5.74) is 7.21. The number of hydrazone groups is 1. The molecule has 0 saturated heterocycles. The predicted molar refractivity (Wildman–Crippen MR) is 136 cm³/mol. The Morgan fingerprint density at radius 3 is 2.71 bits per heavy atom. The number of hydrogen-bond donors (Lipinski definition) is 3. The molecule has 0 radical (unpaired) electrons. The molecule has 3 aromatic rings. The lowest BCUT2D eigenvalue weighted by molar-refractivity contribution is 0.0604. The zero-order chi connectivity index (χ0) is 25.8. The maximum Gasteiger partial charge on any atom is 0.255 e. The number of nitriles is 1. The first-order valence-corrected chi connectivity index (χ1v) is 11.0. The molecule has 2 heterocycles. The maximum absolute atomic E-state index is 12.7. The van der Waals surface area contributed by atoms with Crippen LogP contribution in [0.4, 0.5) is 5.82 Å². The summed E-state index contributed by atoms with van der Waals surface area (Å²) in [6.45, 7) is 5.21. The molecule has 1 aromatic carbocycles. The van der Waals surface area contributed by atoms with Crippen LogP contribution in [-0.4, -0.2) is 37.2 Å². The number of benzene rings is 1. The summed E-state index contributed by atoms with van der Waals surface area (Å²) in [4.78, 5) is 25.7. The summed E-state index contributed by atoms with van der Waals surface area (Å²) in [7, 11) is 0. The second-order valence-corrected chi connectivity index (χ2v) is 8.83. The van der Waals surface area contributed by atoms with E-state index in [1.54, 1.807) is 57.3 Å². The summed E-state index contributed by atoms with van der Waals surface area (Å²) in [6, 6.07) is 10.7. The summed E-state index contributed by atoms with van der Waals surface area (Å²) < 4.78 is 1.43. The Labute approximate surface area is 207 Å². The fourth-order valence-corrected chi connectivity index (χ4v) is 3.57. The first kappa shape index (κ1) is 25.6. The van der Waals surface area contributed by atoms with E-state index in [1.807, 2.05) is 0 Å². The van der Waals surface area contributed by atoms with Gasteiger partial charge in [-0.3, -0.25) is 9.79 Å². The van der Waals surface area contributed by atoms with Crippen LogP contribution in [0.1, 0.15) is 36.2 Å². The third-order valence-corrected chi connectivity index (χ3v) is 5.46. The van der Waals surface area contributed by atoms with Crippen molar-refractivity contribution in [3.05, 3.63) is 74.3 Å². The topological polar surface area (TPSA) is 169 Å². The van der Waals surface area contributed by atoms with Crippen LogP contribution >= 0.6 is 11.6 Å². The van der Waals surface area contributed by atoms with Crippen LogP contribution in [0.5, 0.6) is 0 Å². The van der Waals surface area contributed by atoms with E-state index < -0.39 is 5.60 Å². The molecule has 0 aliphatic heterocycles. The van der Waals surface area contributed by atoms with Crippen molar-refractivity contribution in [3.63, 3.8) is 0 Å². The Morgan fingerprint density at radius 2 is 2.06 bits per heavy atom. The Hall–Kier alpha value is -4.07. The molecule has 35 heavy (non-hydrogen) atoms. The van der Waals surface area contributed by atoms with Crippen molar-refractivity contribution in [2.75, 3.05) is 5.73 Å². The number of rotatable bonds is 7. The molecule has 2 aromatic heterocycles. The highest BCUT2D eigenvalue weighted by Crippen LogP contribution is 2.28. The summed E-state index contributed by atoms with van der Waals surface area (Å²) in [5, 5.41) is 23.1. The summed E-state index contributed by atoms with van der Waals surface area (Å²) in [5.74, 6) is 5.86. The van der Waals surface area contributed by atoms with Crippen molar-refractivity contribution in [2.45, 2.75) is 39.5 Å². The van der Waals surface area contributed by atoms with E-state index >= 15 is 0 Å². The molecular formula is C24H25ClN8O2. The van der Waals surface area contributed by atoms with Crippen LogP contribution in [0.3, 0.4) is 0 Å². The van der Waals surface area contributed by atoms with Crippen LogP contribution in [-0.2, 0) is 13.1 Å². The monoisotopic (exact) mass is 492 g/mol. The number of aliphatic hydroxyl groups is 1. The number of anilines is 1. The van der Waals surface area contributed by atoms with Crippen LogP contribution in [0.2, 0.25) is 5.02 Å². The lowest BCUT2D eigenvalue weighted by atomic mass is 10.0. The van der Waals surface area contributed by atoms with Gasteiger partial charge in [0.25, 0.3) is 5.56 Å². The van der Waals surface area contributed by atoms with Gasteiger partial charge in [-0.1, -0.05) is 29.8 Å². The average Bonchev–Trinajstić information content (AvgIpc) is 2.80. The quantitative estimate of drug-likeness (QED) is 0.258. The molecule has 0 spiro atoms. The van der Waals surface area contributed by atoms with Gasteiger partial charge >= 0.3 is 0 Å². The number of nitrogens with two attached hydrogens (primary N) is 2. The fourth-order valence-electron chi connectivity index (χ4n) is 3.39. The van der Waals surface area contributed by atoms with E-state index in [-0.39, 0.29) is 46.7 Å². The second-order valence-electron chi connectivity index (χ2n) is 8.45. The fraction of sp³-hybridized carbons (Fsp3) is 0.250. The highest BCUT2D eigenvalue weighted by molar-refractivity contribution is 6.44. The molecule has 0 unspecified atom stereocenters. The molecule has 180 valence electrons. The Kier molecular flexibility index (Phi) is 7.64. The van der Waals surface area contributed by atoms with E-state index in [0.29, 0.717) is 22.3 Å². The Balaban J connectivity index is 1.94. The van der Waals surface area contributed by atoms with Crippen molar-refractivity contribution < 1.29 is 5.11 Å². The van der Waals surface area contributed by atoms with Gasteiger partial charge in [0.05, 0.1) is 36.5 Å². The van der Waals surface area contributed by atoms with Crippen LogP contribution in [0, 0.1) is 18.3 Å². The first-order chi connectivity index (χ1) is 16.6. The molecule has 11 heteroatoms. The Bertz CT molecular complexity index is 1410. The van der Waals surface area contributed by atoms with Gasteiger partial charge in [-0.2, -0.15) is 10.4 Å². The standard InChI is InChI=1S/C24H25ClN8O2/c1-14-15(10-26)6-4-8-17(14)22-30-20(19(25)21(27)31-22)18(32-28)12-29-11-16-7-5-9-33(23(16)34)13-24(2,3)35/h4-9,12,35H,11,13,28H2,1-3H3,(H2,27,30,31). The van der Waals surface area contributed by atoms with Crippen molar-refractivity contribution >= 4 is 29.3 Å². The molecule has 0 fully saturated rings. The normalized spacial score (nSPS) is 12.2. The summed E-state index contributed by atoms with van der Waals surface area (Å²) >= 11 is 6.35. The van der Waals surface area contributed by atoms with Crippen molar-refractivity contribution in [3.8, 4) is 17.5 Å². The molecule has 0 aliphatic carbocycles. The highest BCUT2D eigenvalue weighted by Gasteiger charge is 2.18. The third kappa shape index (κ3) is 5.90. The van der Waals surface area contributed by atoms with Gasteiger partial charge in [0, 0.05) is 17.3 Å². The number of nitrogens with zero attached hydrogens (tertiary/aromatic N) is 6. The first-order valence-electron chi connectivity index (χ1n) is 10.6. The Morgan fingerprint density at radius 1 is 1.31 bits per heavy atom. The number of pyridine rings is 1. The number of aromatic nitrogens is 3. The number of hydrogen-bond acceptors (Lipinski definition) is 9. The van der Waals surface area contributed by atoms with Crippen molar-refractivity contribution in [1.82, 2.24) is 14.5 Å². The zero-order valence-electron chi connectivity index (χ0n) is 19.5.